The maximum absolute atomic E-state index is 12.7. The van der Waals surface area contributed by atoms with E-state index in [9.17, 15) is 18.0 Å². The molecule has 0 saturated carbocycles. The van der Waals surface area contributed by atoms with Crippen LogP contribution in [0, 0.1) is 6.92 Å². The van der Waals surface area contributed by atoms with Gasteiger partial charge in [-0.3, -0.25) is 4.90 Å². The second kappa shape index (κ2) is 9.12. The average Bonchev–Trinajstić information content (AvgIpc) is 3.40. The monoisotopic (exact) mass is 453 g/mol. The minimum Gasteiger partial charge on any atom is -0.437 e. The molecule has 4 rings (SSSR count). The predicted octanol–water partition coefficient (Wildman–Crippen LogP) is 5.11. The summed E-state index contributed by atoms with van der Waals surface area (Å²) in [4.78, 5) is 18.7. The normalized spacial score (nSPS) is 22.5. The van der Waals surface area contributed by atoms with Gasteiger partial charge in [-0.05, 0) is 76.1 Å². The smallest absolute Gasteiger partial charge is 0.425 e. The number of hydrogen-bond donors (Lipinski definition) is 0. The molecule has 1 spiro atoms. The molecule has 5 nitrogen and oxygen atoms in total. The summed E-state index contributed by atoms with van der Waals surface area (Å²) in [5, 5.41) is 0. The van der Waals surface area contributed by atoms with Gasteiger partial charge in [0, 0.05) is 44.0 Å². The number of likely N-dealkylation sites (tertiary alicyclic amines) is 2. The molecule has 0 radical (unpaired) electrons. The molecule has 0 aliphatic carbocycles. The van der Waals surface area contributed by atoms with Crippen molar-refractivity contribution in [2.24, 2.45) is 0 Å². The number of carbonyl (C=O) groups excluding carboxylic acids is 1. The van der Waals surface area contributed by atoms with Crippen LogP contribution in [0.2, 0.25) is 0 Å². The van der Waals surface area contributed by atoms with Crippen LogP contribution < -0.4 is 4.90 Å². The maximum atomic E-state index is 12.7. The van der Waals surface area contributed by atoms with Gasteiger partial charge in [-0.1, -0.05) is 12.1 Å². The fraction of sp³-hybridized carbons (Fsp3) is 0.708. The van der Waals surface area contributed by atoms with Crippen LogP contribution in [0.4, 0.5) is 23.7 Å². The Balaban J connectivity index is 1.38. The fourth-order valence-corrected chi connectivity index (χ4v) is 5.48. The van der Waals surface area contributed by atoms with E-state index in [1.54, 1.807) is 0 Å². The summed E-state index contributed by atoms with van der Waals surface area (Å²) in [6.07, 6.45) is -1.25. The van der Waals surface area contributed by atoms with E-state index in [4.69, 9.17) is 0 Å². The van der Waals surface area contributed by atoms with Crippen LogP contribution in [0.25, 0.3) is 0 Å². The zero-order chi connectivity index (χ0) is 22.9. The third-order valence-corrected chi connectivity index (χ3v) is 7.53. The number of aryl methyl sites for hydroxylation is 1. The standard InChI is InChI=1S/C24H34F3N3O2/c1-18-6-7-20(16-21(18)28-11-3-4-12-28)17-30-13-5-8-23(30)9-14-29(15-10-23)22(31)32-19(2)24(25,26)27/h6-7,16,19H,3-5,8-15,17H2,1-2H3. The molecule has 3 saturated heterocycles. The molecule has 3 fully saturated rings. The van der Waals surface area contributed by atoms with Crippen LogP contribution in [0.15, 0.2) is 18.2 Å². The van der Waals surface area contributed by atoms with Crippen molar-refractivity contribution in [3.8, 4) is 0 Å². The third kappa shape index (κ3) is 4.85. The molecule has 1 amide bonds. The lowest BCUT2D eigenvalue weighted by Crippen LogP contribution is -2.53. The highest BCUT2D eigenvalue weighted by atomic mass is 19.4. The van der Waals surface area contributed by atoms with Crippen LogP contribution in [0.3, 0.4) is 0 Å². The Kier molecular flexibility index (Phi) is 6.61. The number of carbonyl (C=O) groups is 1. The van der Waals surface area contributed by atoms with Crippen molar-refractivity contribution >= 4 is 11.8 Å². The highest BCUT2D eigenvalue weighted by Gasteiger charge is 2.45. The summed E-state index contributed by atoms with van der Waals surface area (Å²) in [6, 6.07) is 6.76. The first-order valence-corrected chi connectivity index (χ1v) is 11.8. The van der Waals surface area contributed by atoms with E-state index in [1.165, 1.54) is 34.6 Å². The molecule has 1 unspecified atom stereocenters. The van der Waals surface area contributed by atoms with Crippen molar-refractivity contribution < 1.29 is 22.7 Å². The molecular formula is C24H34F3N3O2. The molecular weight excluding hydrogens is 419 g/mol. The Morgan fingerprint density at radius 1 is 1.06 bits per heavy atom. The Hall–Kier alpha value is -1.96. The zero-order valence-corrected chi connectivity index (χ0v) is 19.1. The van der Waals surface area contributed by atoms with E-state index < -0.39 is 18.4 Å². The lowest BCUT2D eigenvalue weighted by molar-refractivity contribution is -0.200. The summed E-state index contributed by atoms with van der Waals surface area (Å²) in [5.74, 6) is 0. The highest BCUT2D eigenvalue weighted by Crippen LogP contribution is 2.40. The third-order valence-electron chi connectivity index (χ3n) is 7.53. The molecule has 0 bridgehead atoms. The summed E-state index contributed by atoms with van der Waals surface area (Å²) >= 11 is 0. The number of anilines is 1. The first-order valence-electron chi connectivity index (χ1n) is 11.8. The molecule has 3 aliphatic heterocycles. The molecule has 32 heavy (non-hydrogen) atoms. The number of hydrogen-bond acceptors (Lipinski definition) is 4. The highest BCUT2D eigenvalue weighted by molar-refractivity contribution is 5.68. The van der Waals surface area contributed by atoms with Gasteiger partial charge in [0.1, 0.15) is 0 Å². The van der Waals surface area contributed by atoms with Crippen molar-refractivity contribution in [2.75, 3.05) is 37.6 Å². The first kappa shape index (κ1) is 23.2. The zero-order valence-electron chi connectivity index (χ0n) is 19.1. The van der Waals surface area contributed by atoms with Crippen LogP contribution in [0.1, 0.15) is 56.6 Å². The Morgan fingerprint density at radius 3 is 2.41 bits per heavy atom. The van der Waals surface area contributed by atoms with Crippen molar-refractivity contribution in [3.05, 3.63) is 29.3 Å². The Bertz CT molecular complexity index is 815. The van der Waals surface area contributed by atoms with Crippen molar-refractivity contribution in [2.45, 2.75) is 76.7 Å². The number of nitrogens with zero attached hydrogens (tertiary/aromatic N) is 3. The van der Waals surface area contributed by atoms with Gasteiger partial charge >= 0.3 is 12.3 Å². The average molecular weight is 454 g/mol. The summed E-state index contributed by atoms with van der Waals surface area (Å²) in [7, 11) is 0. The lowest BCUT2D eigenvalue weighted by Gasteiger charge is -2.45. The molecule has 0 N–H and O–H groups in total. The van der Waals surface area contributed by atoms with E-state index in [0.29, 0.717) is 13.1 Å². The van der Waals surface area contributed by atoms with Crippen LogP contribution in [-0.4, -0.2) is 66.4 Å². The maximum Gasteiger partial charge on any atom is 0.425 e. The van der Waals surface area contributed by atoms with Crippen LogP contribution >= 0.6 is 0 Å². The quantitative estimate of drug-likeness (QED) is 0.635. The van der Waals surface area contributed by atoms with Gasteiger partial charge in [0.15, 0.2) is 6.10 Å². The summed E-state index contributed by atoms with van der Waals surface area (Å²) in [6.45, 7) is 8.05. The first-order chi connectivity index (χ1) is 15.2. The van der Waals surface area contributed by atoms with Crippen LogP contribution in [0.5, 0.6) is 0 Å². The minimum absolute atomic E-state index is 0.0190. The van der Waals surface area contributed by atoms with E-state index in [-0.39, 0.29) is 5.54 Å². The molecule has 178 valence electrons. The fourth-order valence-electron chi connectivity index (χ4n) is 5.48. The van der Waals surface area contributed by atoms with E-state index >= 15 is 0 Å². The van der Waals surface area contributed by atoms with Gasteiger partial charge in [0.25, 0.3) is 0 Å². The van der Waals surface area contributed by atoms with Crippen molar-refractivity contribution in [1.82, 2.24) is 9.80 Å². The van der Waals surface area contributed by atoms with Gasteiger partial charge in [-0.15, -0.1) is 0 Å². The summed E-state index contributed by atoms with van der Waals surface area (Å²) in [5.41, 5.74) is 3.97. The largest absolute Gasteiger partial charge is 0.437 e. The predicted molar refractivity (Wildman–Crippen MR) is 118 cm³/mol. The molecule has 1 aromatic carbocycles. The molecule has 8 heteroatoms. The Morgan fingerprint density at radius 2 is 1.75 bits per heavy atom. The minimum atomic E-state index is -4.53. The van der Waals surface area contributed by atoms with E-state index in [1.807, 2.05) is 0 Å². The molecule has 3 aliphatic rings. The number of benzene rings is 1. The van der Waals surface area contributed by atoms with Gasteiger partial charge in [-0.2, -0.15) is 13.2 Å². The molecule has 1 atom stereocenters. The van der Waals surface area contributed by atoms with Crippen molar-refractivity contribution in [3.63, 3.8) is 0 Å². The SMILES string of the molecule is Cc1ccc(CN2CCCC23CCN(C(=O)OC(C)C(F)(F)F)CC3)cc1N1CCCC1. The number of ether oxygens (including phenoxy) is 1. The number of alkyl halides is 3. The number of rotatable bonds is 4. The Labute approximate surface area is 188 Å². The molecule has 0 aromatic heterocycles. The molecule has 3 heterocycles. The van der Waals surface area contributed by atoms with Gasteiger partial charge in [-0.25, -0.2) is 4.79 Å². The van der Waals surface area contributed by atoms with Gasteiger partial charge in [0.05, 0.1) is 0 Å². The van der Waals surface area contributed by atoms with Gasteiger partial charge < -0.3 is 14.5 Å². The van der Waals surface area contributed by atoms with Crippen molar-refractivity contribution in [1.29, 1.82) is 0 Å². The number of piperidine rings is 1. The van der Waals surface area contributed by atoms with Gasteiger partial charge in [0.2, 0.25) is 0 Å². The number of halogens is 3. The lowest BCUT2D eigenvalue weighted by atomic mass is 9.85. The van der Waals surface area contributed by atoms with Crippen LogP contribution in [-0.2, 0) is 11.3 Å². The second-order valence-electron chi connectivity index (χ2n) is 9.62. The second-order valence-corrected chi connectivity index (χ2v) is 9.62. The topological polar surface area (TPSA) is 36.0 Å². The molecule has 1 aromatic rings. The van der Waals surface area contributed by atoms with E-state index in [0.717, 1.165) is 58.8 Å². The number of amides is 1. The van der Waals surface area contributed by atoms with E-state index in [2.05, 4.69) is 39.7 Å². The summed E-state index contributed by atoms with van der Waals surface area (Å²) < 4.78 is 42.8.